The minimum atomic E-state index is 0.428. The highest BCUT2D eigenvalue weighted by atomic mass is 79.9. The molecule has 2 heterocycles. The first-order valence-corrected chi connectivity index (χ1v) is 7.02. The Balaban J connectivity index is 2.27. The number of nitrogens with two attached hydrogens (primary N) is 1. The average molecular weight is 298 g/mol. The molecule has 0 amide bonds. The molecule has 1 aliphatic heterocycles. The van der Waals surface area contributed by atoms with Crippen LogP contribution in [0.1, 0.15) is 25.5 Å². The molecule has 1 saturated heterocycles. The monoisotopic (exact) mass is 297 g/mol. The molecule has 2 rings (SSSR count). The fraction of sp³-hybridized carbons (Fsp3) is 0.615. The molecule has 4 heteroatoms. The van der Waals surface area contributed by atoms with Crippen LogP contribution < -0.4 is 10.6 Å². The third-order valence-electron chi connectivity index (χ3n) is 3.66. The molecule has 3 nitrogen and oxygen atoms in total. The van der Waals surface area contributed by atoms with Crippen LogP contribution in [-0.2, 0) is 0 Å². The predicted molar refractivity (Wildman–Crippen MR) is 75.3 cm³/mol. The maximum absolute atomic E-state index is 5.91. The highest BCUT2D eigenvalue weighted by molar-refractivity contribution is 9.10. The minimum Gasteiger partial charge on any atom is -0.352 e. The molecule has 0 aromatic carbocycles. The lowest BCUT2D eigenvalue weighted by molar-refractivity contribution is 0.348. The lowest BCUT2D eigenvalue weighted by Gasteiger charge is -2.40. The number of piperidine rings is 1. The van der Waals surface area contributed by atoms with Gasteiger partial charge in [-0.3, -0.25) is 0 Å². The lowest BCUT2D eigenvalue weighted by atomic mass is 9.91. The smallest absolute Gasteiger partial charge is 0.129 e. The van der Waals surface area contributed by atoms with Crippen molar-refractivity contribution in [3.63, 3.8) is 0 Å². The highest BCUT2D eigenvalue weighted by Crippen LogP contribution is 2.28. The van der Waals surface area contributed by atoms with Gasteiger partial charge < -0.3 is 10.6 Å². The number of halogens is 1. The number of aryl methyl sites for hydroxylation is 1. The Morgan fingerprint density at radius 2 is 2.29 bits per heavy atom. The maximum atomic E-state index is 5.91. The Kier molecular flexibility index (Phi) is 4.05. The zero-order chi connectivity index (χ0) is 12.4. The summed E-state index contributed by atoms with van der Waals surface area (Å²) in [7, 11) is 0. The van der Waals surface area contributed by atoms with Crippen LogP contribution in [0.3, 0.4) is 0 Å². The van der Waals surface area contributed by atoms with Gasteiger partial charge in [-0.25, -0.2) is 4.98 Å². The van der Waals surface area contributed by atoms with Crippen molar-refractivity contribution >= 4 is 21.7 Å². The van der Waals surface area contributed by atoms with Gasteiger partial charge in [0.15, 0.2) is 0 Å². The molecule has 17 heavy (non-hydrogen) atoms. The zero-order valence-corrected chi connectivity index (χ0v) is 12.1. The van der Waals surface area contributed by atoms with Gasteiger partial charge in [-0.15, -0.1) is 0 Å². The summed E-state index contributed by atoms with van der Waals surface area (Å²) in [5, 5.41) is 0. The Bertz CT molecular complexity index is 394. The molecule has 1 aromatic heterocycles. The van der Waals surface area contributed by atoms with Crippen LogP contribution in [0, 0.1) is 12.8 Å². The van der Waals surface area contributed by atoms with Gasteiger partial charge >= 0.3 is 0 Å². The van der Waals surface area contributed by atoms with Crippen LogP contribution in [-0.4, -0.2) is 24.1 Å². The van der Waals surface area contributed by atoms with Crippen molar-refractivity contribution in [1.82, 2.24) is 4.98 Å². The van der Waals surface area contributed by atoms with E-state index in [2.05, 4.69) is 44.9 Å². The quantitative estimate of drug-likeness (QED) is 0.913. The second kappa shape index (κ2) is 5.36. The Morgan fingerprint density at radius 1 is 1.53 bits per heavy atom. The summed E-state index contributed by atoms with van der Waals surface area (Å²) < 4.78 is 1.07. The Hall–Kier alpha value is -0.610. The number of hydrogen-bond acceptors (Lipinski definition) is 3. The topological polar surface area (TPSA) is 42.2 Å². The fourth-order valence-electron chi connectivity index (χ4n) is 2.58. The molecule has 1 aromatic rings. The van der Waals surface area contributed by atoms with Gasteiger partial charge in [0.1, 0.15) is 5.82 Å². The highest BCUT2D eigenvalue weighted by Gasteiger charge is 2.28. The van der Waals surface area contributed by atoms with E-state index in [1.807, 2.05) is 6.92 Å². The van der Waals surface area contributed by atoms with E-state index >= 15 is 0 Å². The molecule has 0 spiro atoms. The van der Waals surface area contributed by atoms with E-state index in [1.54, 1.807) is 0 Å². The Morgan fingerprint density at radius 3 is 2.94 bits per heavy atom. The third kappa shape index (κ3) is 2.63. The summed E-state index contributed by atoms with van der Waals surface area (Å²) in [6.07, 6.45) is 2.50. The van der Waals surface area contributed by atoms with Gasteiger partial charge in [0.25, 0.3) is 0 Å². The number of nitrogens with zero attached hydrogens (tertiary/aromatic N) is 2. The van der Waals surface area contributed by atoms with Gasteiger partial charge in [-0.2, -0.15) is 0 Å². The normalized spacial score (nSPS) is 25.1. The molecular weight excluding hydrogens is 278 g/mol. The van der Waals surface area contributed by atoms with Gasteiger partial charge in [0, 0.05) is 23.6 Å². The van der Waals surface area contributed by atoms with E-state index in [0.717, 1.165) is 22.5 Å². The number of pyridine rings is 1. The number of aromatic nitrogens is 1. The second-order valence-corrected chi connectivity index (χ2v) is 5.71. The van der Waals surface area contributed by atoms with E-state index in [1.165, 1.54) is 12.8 Å². The standard InChI is InChI=1S/C13H20BrN3/c1-9-4-3-7-17(12(9)8-15)13-6-5-11(14)10(2)16-13/h5-6,9,12H,3-4,7-8,15H2,1-2H3. The van der Waals surface area contributed by atoms with Gasteiger partial charge in [-0.05, 0) is 53.7 Å². The van der Waals surface area contributed by atoms with Crippen molar-refractivity contribution in [1.29, 1.82) is 0 Å². The van der Waals surface area contributed by atoms with Crippen molar-refractivity contribution < 1.29 is 0 Å². The van der Waals surface area contributed by atoms with Gasteiger partial charge in [0.05, 0.1) is 5.69 Å². The summed E-state index contributed by atoms with van der Waals surface area (Å²) in [6.45, 7) is 6.09. The summed E-state index contributed by atoms with van der Waals surface area (Å²) >= 11 is 3.49. The SMILES string of the molecule is Cc1nc(N2CCCC(C)C2CN)ccc1Br. The number of hydrogen-bond donors (Lipinski definition) is 1. The van der Waals surface area contributed by atoms with Crippen molar-refractivity contribution in [2.24, 2.45) is 11.7 Å². The first-order chi connectivity index (χ1) is 8.13. The van der Waals surface area contributed by atoms with E-state index in [0.29, 0.717) is 18.5 Å². The maximum Gasteiger partial charge on any atom is 0.129 e. The largest absolute Gasteiger partial charge is 0.352 e. The predicted octanol–water partition coefficient (Wildman–Crippen LogP) is 2.72. The van der Waals surface area contributed by atoms with Crippen LogP contribution in [0.25, 0.3) is 0 Å². The van der Waals surface area contributed by atoms with Crippen LogP contribution in [0.4, 0.5) is 5.82 Å². The van der Waals surface area contributed by atoms with Crippen LogP contribution in [0.2, 0.25) is 0 Å². The van der Waals surface area contributed by atoms with Crippen LogP contribution in [0.5, 0.6) is 0 Å². The fourth-order valence-corrected chi connectivity index (χ4v) is 2.80. The number of rotatable bonds is 2. The molecule has 0 bridgehead atoms. The first kappa shape index (κ1) is 12.8. The molecule has 1 fully saturated rings. The Labute approximate surface area is 112 Å². The molecule has 0 saturated carbocycles. The molecule has 94 valence electrons. The molecule has 0 radical (unpaired) electrons. The molecule has 2 unspecified atom stereocenters. The second-order valence-electron chi connectivity index (χ2n) is 4.85. The van der Waals surface area contributed by atoms with E-state index in [-0.39, 0.29) is 0 Å². The zero-order valence-electron chi connectivity index (χ0n) is 10.5. The third-order valence-corrected chi connectivity index (χ3v) is 4.50. The summed E-state index contributed by atoms with van der Waals surface area (Å²) in [6, 6.07) is 4.58. The molecule has 2 N–H and O–H groups in total. The molecular formula is C13H20BrN3. The van der Waals surface area contributed by atoms with Crippen LogP contribution >= 0.6 is 15.9 Å². The van der Waals surface area contributed by atoms with E-state index in [9.17, 15) is 0 Å². The van der Waals surface area contributed by atoms with Gasteiger partial charge in [-0.1, -0.05) is 6.92 Å². The molecule has 0 aliphatic carbocycles. The van der Waals surface area contributed by atoms with Crippen LogP contribution in [0.15, 0.2) is 16.6 Å². The van der Waals surface area contributed by atoms with E-state index in [4.69, 9.17) is 5.73 Å². The van der Waals surface area contributed by atoms with E-state index < -0.39 is 0 Å². The molecule has 1 aliphatic rings. The van der Waals surface area contributed by atoms with Crippen molar-refractivity contribution in [2.75, 3.05) is 18.0 Å². The summed E-state index contributed by atoms with van der Waals surface area (Å²) in [4.78, 5) is 7.02. The minimum absolute atomic E-state index is 0.428. The van der Waals surface area contributed by atoms with Crippen molar-refractivity contribution in [3.05, 3.63) is 22.3 Å². The van der Waals surface area contributed by atoms with Gasteiger partial charge in [0.2, 0.25) is 0 Å². The van der Waals surface area contributed by atoms with Crippen molar-refractivity contribution in [3.8, 4) is 0 Å². The lowest BCUT2D eigenvalue weighted by Crippen LogP contribution is -2.49. The average Bonchev–Trinajstić information content (AvgIpc) is 2.32. The van der Waals surface area contributed by atoms with Crippen molar-refractivity contribution in [2.45, 2.75) is 32.7 Å². The summed E-state index contributed by atoms with van der Waals surface area (Å²) in [5.74, 6) is 1.72. The molecule has 2 atom stereocenters. The first-order valence-electron chi connectivity index (χ1n) is 6.23. The summed E-state index contributed by atoms with van der Waals surface area (Å²) in [5.41, 5.74) is 6.95. The number of anilines is 1.